The highest BCUT2D eigenvalue weighted by atomic mass is 16.5. The molecule has 0 aliphatic heterocycles. The number of methoxy groups -OCH3 is 2. The standard InChI is InChI=1S/C19H25N3O3/c1-23-17-9-8-16(12-18(17)24-2)13-22-19(20)21-10-11-25-14-15-6-4-3-5-7-15/h3-9,12H,10-11,13-14H2,1-2H3,(H3,20,21,22). The van der Waals surface area contributed by atoms with E-state index in [4.69, 9.17) is 19.9 Å². The van der Waals surface area contributed by atoms with E-state index in [-0.39, 0.29) is 0 Å². The molecule has 134 valence electrons. The Morgan fingerprint density at radius 1 is 1.00 bits per heavy atom. The van der Waals surface area contributed by atoms with E-state index >= 15 is 0 Å². The number of benzene rings is 2. The first-order valence-corrected chi connectivity index (χ1v) is 8.09. The lowest BCUT2D eigenvalue weighted by molar-refractivity contribution is 0.125. The van der Waals surface area contributed by atoms with Crippen LogP contribution >= 0.6 is 0 Å². The monoisotopic (exact) mass is 343 g/mol. The fourth-order valence-electron chi connectivity index (χ4n) is 2.23. The summed E-state index contributed by atoms with van der Waals surface area (Å²) in [6.07, 6.45) is 0. The first-order valence-electron chi connectivity index (χ1n) is 8.09. The Bertz CT molecular complexity index is 675. The van der Waals surface area contributed by atoms with E-state index in [9.17, 15) is 0 Å². The number of nitrogens with zero attached hydrogens (tertiary/aromatic N) is 1. The van der Waals surface area contributed by atoms with Crippen molar-refractivity contribution in [2.45, 2.75) is 13.2 Å². The summed E-state index contributed by atoms with van der Waals surface area (Å²) in [5, 5.41) is 3.04. The minimum atomic E-state index is 0.387. The quantitative estimate of drug-likeness (QED) is 0.415. The van der Waals surface area contributed by atoms with Gasteiger partial charge in [-0.15, -0.1) is 0 Å². The van der Waals surface area contributed by atoms with E-state index in [0.717, 1.165) is 11.1 Å². The van der Waals surface area contributed by atoms with Crippen molar-refractivity contribution in [1.82, 2.24) is 5.32 Å². The Hall–Kier alpha value is -2.73. The van der Waals surface area contributed by atoms with Crippen molar-refractivity contribution in [3.05, 3.63) is 59.7 Å². The Morgan fingerprint density at radius 2 is 1.76 bits per heavy atom. The fraction of sp³-hybridized carbons (Fsp3) is 0.316. The molecule has 0 fully saturated rings. The lowest BCUT2D eigenvalue weighted by atomic mass is 10.2. The summed E-state index contributed by atoms with van der Waals surface area (Å²) in [5.41, 5.74) is 8.01. The minimum absolute atomic E-state index is 0.387. The molecule has 6 nitrogen and oxygen atoms in total. The van der Waals surface area contributed by atoms with Crippen LogP contribution in [-0.2, 0) is 17.9 Å². The van der Waals surface area contributed by atoms with Gasteiger partial charge in [0.1, 0.15) is 0 Å². The average molecular weight is 343 g/mol. The zero-order chi connectivity index (χ0) is 17.9. The minimum Gasteiger partial charge on any atom is -0.493 e. The molecule has 6 heteroatoms. The van der Waals surface area contributed by atoms with Gasteiger partial charge in [-0.25, -0.2) is 4.99 Å². The number of nitrogens with two attached hydrogens (primary N) is 1. The zero-order valence-electron chi connectivity index (χ0n) is 14.7. The summed E-state index contributed by atoms with van der Waals surface area (Å²) < 4.78 is 16.1. The normalized spacial score (nSPS) is 11.2. The van der Waals surface area contributed by atoms with Gasteiger partial charge in [-0.05, 0) is 23.3 Å². The van der Waals surface area contributed by atoms with Crippen LogP contribution in [0.3, 0.4) is 0 Å². The van der Waals surface area contributed by atoms with Gasteiger partial charge in [0.15, 0.2) is 17.5 Å². The largest absolute Gasteiger partial charge is 0.493 e. The predicted octanol–water partition coefficient (Wildman–Crippen LogP) is 2.32. The Morgan fingerprint density at radius 3 is 2.48 bits per heavy atom. The van der Waals surface area contributed by atoms with Gasteiger partial charge in [0.2, 0.25) is 0 Å². The molecule has 0 atom stereocenters. The molecule has 0 saturated heterocycles. The topological polar surface area (TPSA) is 78.1 Å². The Kier molecular flexibility index (Phi) is 7.59. The van der Waals surface area contributed by atoms with E-state index < -0.39 is 0 Å². The van der Waals surface area contributed by atoms with Gasteiger partial charge in [0.05, 0.1) is 34.0 Å². The second-order valence-electron chi connectivity index (χ2n) is 5.36. The van der Waals surface area contributed by atoms with E-state index in [1.807, 2.05) is 48.5 Å². The van der Waals surface area contributed by atoms with E-state index in [1.54, 1.807) is 14.2 Å². The van der Waals surface area contributed by atoms with Gasteiger partial charge in [-0.2, -0.15) is 0 Å². The van der Waals surface area contributed by atoms with Crippen molar-refractivity contribution >= 4 is 5.96 Å². The number of aliphatic imine (C=N–C) groups is 1. The lowest BCUT2D eigenvalue weighted by Crippen LogP contribution is -2.34. The molecule has 0 unspecified atom stereocenters. The maximum atomic E-state index is 5.87. The Balaban J connectivity index is 1.71. The van der Waals surface area contributed by atoms with Crippen molar-refractivity contribution < 1.29 is 14.2 Å². The molecule has 3 N–H and O–H groups in total. The zero-order valence-corrected chi connectivity index (χ0v) is 14.7. The van der Waals surface area contributed by atoms with Gasteiger partial charge in [-0.3, -0.25) is 0 Å². The molecule has 0 aromatic heterocycles. The molecule has 0 saturated carbocycles. The molecule has 0 amide bonds. The summed E-state index contributed by atoms with van der Waals surface area (Å²) in [4.78, 5) is 4.31. The van der Waals surface area contributed by atoms with Gasteiger partial charge in [0, 0.05) is 6.54 Å². The van der Waals surface area contributed by atoms with Crippen molar-refractivity contribution in [3.63, 3.8) is 0 Å². The highest BCUT2D eigenvalue weighted by Gasteiger charge is 2.04. The van der Waals surface area contributed by atoms with Gasteiger partial charge < -0.3 is 25.3 Å². The second-order valence-corrected chi connectivity index (χ2v) is 5.36. The summed E-state index contributed by atoms with van der Waals surface area (Å²) in [6, 6.07) is 15.7. The van der Waals surface area contributed by atoms with Gasteiger partial charge >= 0.3 is 0 Å². The highest BCUT2D eigenvalue weighted by Crippen LogP contribution is 2.27. The fourth-order valence-corrected chi connectivity index (χ4v) is 2.23. The molecular weight excluding hydrogens is 318 g/mol. The smallest absolute Gasteiger partial charge is 0.188 e. The molecular formula is C19H25N3O3. The van der Waals surface area contributed by atoms with Crippen LogP contribution in [0.1, 0.15) is 11.1 Å². The summed E-state index contributed by atoms with van der Waals surface area (Å²) in [6.45, 7) is 2.21. The third-order valence-corrected chi connectivity index (χ3v) is 3.54. The van der Waals surface area contributed by atoms with Crippen LogP contribution in [0.2, 0.25) is 0 Å². The molecule has 0 aliphatic carbocycles. The molecule has 0 radical (unpaired) electrons. The van der Waals surface area contributed by atoms with Crippen molar-refractivity contribution in [2.24, 2.45) is 10.7 Å². The molecule has 0 spiro atoms. The molecule has 25 heavy (non-hydrogen) atoms. The second kappa shape index (κ2) is 10.2. The van der Waals surface area contributed by atoms with Gasteiger partial charge in [0.25, 0.3) is 0 Å². The summed E-state index contributed by atoms with van der Waals surface area (Å²) in [7, 11) is 3.22. The summed E-state index contributed by atoms with van der Waals surface area (Å²) >= 11 is 0. The van der Waals surface area contributed by atoms with Crippen LogP contribution < -0.4 is 20.5 Å². The first-order chi connectivity index (χ1) is 12.2. The predicted molar refractivity (Wildman–Crippen MR) is 99.0 cm³/mol. The summed E-state index contributed by atoms with van der Waals surface area (Å²) in [5.74, 6) is 1.76. The highest BCUT2D eigenvalue weighted by molar-refractivity contribution is 5.77. The van der Waals surface area contributed by atoms with Crippen molar-refractivity contribution in [3.8, 4) is 11.5 Å². The maximum absolute atomic E-state index is 5.87. The van der Waals surface area contributed by atoms with Crippen molar-refractivity contribution in [2.75, 3.05) is 27.4 Å². The number of hydrogen-bond donors (Lipinski definition) is 2. The van der Waals surface area contributed by atoms with E-state index in [0.29, 0.717) is 43.8 Å². The first kappa shape index (κ1) is 18.6. The molecule has 0 bridgehead atoms. The molecule has 2 aromatic carbocycles. The third-order valence-electron chi connectivity index (χ3n) is 3.54. The molecule has 0 aliphatic rings. The molecule has 0 heterocycles. The van der Waals surface area contributed by atoms with Gasteiger partial charge in [-0.1, -0.05) is 36.4 Å². The number of nitrogens with one attached hydrogen (secondary N) is 1. The third kappa shape index (κ3) is 6.35. The number of hydrogen-bond acceptors (Lipinski definition) is 4. The van der Waals surface area contributed by atoms with Crippen LogP contribution in [0.5, 0.6) is 11.5 Å². The SMILES string of the molecule is COc1ccc(CN=C(N)NCCOCc2ccccc2)cc1OC. The van der Waals surface area contributed by atoms with E-state index in [1.165, 1.54) is 0 Å². The average Bonchev–Trinajstić information content (AvgIpc) is 2.66. The van der Waals surface area contributed by atoms with Crippen molar-refractivity contribution in [1.29, 1.82) is 0 Å². The van der Waals surface area contributed by atoms with Crippen LogP contribution in [0.25, 0.3) is 0 Å². The maximum Gasteiger partial charge on any atom is 0.188 e. The lowest BCUT2D eigenvalue weighted by Gasteiger charge is -2.09. The number of guanidine groups is 1. The number of rotatable bonds is 9. The van der Waals surface area contributed by atoms with E-state index in [2.05, 4.69) is 10.3 Å². The van der Waals surface area contributed by atoms with Crippen LogP contribution in [0.4, 0.5) is 0 Å². The Labute approximate surface area is 148 Å². The van der Waals surface area contributed by atoms with Crippen LogP contribution in [0.15, 0.2) is 53.5 Å². The van der Waals surface area contributed by atoms with Crippen LogP contribution in [-0.4, -0.2) is 33.3 Å². The van der Waals surface area contributed by atoms with Crippen LogP contribution in [0, 0.1) is 0 Å². The molecule has 2 rings (SSSR count). The number of ether oxygens (including phenoxy) is 3. The molecule has 2 aromatic rings.